The van der Waals surface area contributed by atoms with Gasteiger partial charge >= 0.3 is 0 Å². The van der Waals surface area contributed by atoms with Crippen molar-refractivity contribution in [1.29, 1.82) is 0 Å². The van der Waals surface area contributed by atoms with Crippen LogP contribution in [0.3, 0.4) is 0 Å². The molecular weight excluding hydrogens is 468 g/mol. The van der Waals surface area contributed by atoms with E-state index < -0.39 is 0 Å². The molecule has 1 amide bonds. The summed E-state index contributed by atoms with van der Waals surface area (Å²) < 4.78 is 12.7. The molecule has 0 unspecified atom stereocenters. The van der Waals surface area contributed by atoms with Crippen molar-refractivity contribution in [2.24, 2.45) is 0 Å². The second kappa shape index (κ2) is 11.7. The number of thiophene rings is 1. The lowest BCUT2D eigenvalue weighted by Crippen LogP contribution is -2.15. The van der Waals surface area contributed by atoms with Gasteiger partial charge in [-0.2, -0.15) is 0 Å². The van der Waals surface area contributed by atoms with Crippen molar-refractivity contribution >= 4 is 34.7 Å². The number of anilines is 1. The number of carbonyl (C=O) groups excluding carboxylic acids is 1. The highest BCUT2D eigenvalue weighted by Gasteiger charge is 2.16. The maximum atomic E-state index is 12.7. The number of thioether (sulfide) groups is 1. The van der Waals surface area contributed by atoms with E-state index in [1.165, 1.54) is 22.2 Å². The van der Waals surface area contributed by atoms with E-state index in [2.05, 4.69) is 43.7 Å². The second-order valence-electron chi connectivity index (χ2n) is 7.48. The fourth-order valence-electron chi connectivity index (χ4n) is 3.44. The summed E-state index contributed by atoms with van der Waals surface area (Å²) >= 11 is 3.08. The molecule has 0 aliphatic rings. The fraction of sp³-hybridized carbons (Fsp3) is 0.240. The SMILES string of the molecule is COc1cc(NC(=O)CSc2nnc(Cc3cccs3)n2CCc2ccccc2)cc(OC)c1. The smallest absolute Gasteiger partial charge is 0.234 e. The summed E-state index contributed by atoms with van der Waals surface area (Å²) in [4.78, 5) is 13.9. The number of hydrogen-bond acceptors (Lipinski definition) is 7. The molecule has 176 valence electrons. The second-order valence-corrected chi connectivity index (χ2v) is 9.46. The summed E-state index contributed by atoms with van der Waals surface area (Å²) in [5, 5.41) is 14.6. The molecular formula is C25H26N4O3S2. The number of carbonyl (C=O) groups is 1. The summed E-state index contributed by atoms with van der Waals surface area (Å²) in [5.74, 6) is 2.20. The Balaban J connectivity index is 1.45. The number of rotatable bonds is 11. The number of aryl methyl sites for hydroxylation is 1. The summed E-state index contributed by atoms with van der Waals surface area (Å²) in [5.41, 5.74) is 1.87. The molecule has 34 heavy (non-hydrogen) atoms. The first-order valence-corrected chi connectivity index (χ1v) is 12.6. The Hall–Kier alpha value is -3.30. The molecule has 2 aromatic heterocycles. The molecule has 0 bridgehead atoms. The molecule has 0 aliphatic carbocycles. The van der Waals surface area contributed by atoms with Gasteiger partial charge in [-0.25, -0.2) is 0 Å². The van der Waals surface area contributed by atoms with E-state index in [9.17, 15) is 4.79 Å². The number of benzene rings is 2. The lowest BCUT2D eigenvalue weighted by atomic mass is 10.1. The van der Waals surface area contributed by atoms with E-state index in [1.54, 1.807) is 43.8 Å². The van der Waals surface area contributed by atoms with Gasteiger partial charge in [-0.3, -0.25) is 4.79 Å². The van der Waals surface area contributed by atoms with Crippen LogP contribution in [-0.4, -0.2) is 40.6 Å². The molecule has 7 nitrogen and oxygen atoms in total. The number of ether oxygens (including phenoxy) is 2. The number of amides is 1. The van der Waals surface area contributed by atoms with Gasteiger partial charge in [-0.1, -0.05) is 48.2 Å². The molecule has 2 heterocycles. The van der Waals surface area contributed by atoms with Crippen LogP contribution in [0.15, 0.2) is 71.2 Å². The largest absolute Gasteiger partial charge is 0.497 e. The first-order chi connectivity index (χ1) is 16.6. The van der Waals surface area contributed by atoms with Crippen LogP contribution in [0.1, 0.15) is 16.3 Å². The van der Waals surface area contributed by atoms with Crippen LogP contribution in [0.4, 0.5) is 5.69 Å². The normalized spacial score (nSPS) is 10.8. The predicted octanol–water partition coefficient (Wildman–Crippen LogP) is 4.92. The zero-order chi connectivity index (χ0) is 23.8. The third kappa shape index (κ3) is 6.39. The first-order valence-electron chi connectivity index (χ1n) is 10.8. The van der Waals surface area contributed by atoms with Gasteiger partial charge in [0, 0.05) is 41.7 Å². The maximum absolute atomic E-state index is 12.7. The molecule has 9 heteroatoms. The van der Waals surface area contributed by atoms with Crippen molar-refractivity contribution in [2.75, 3.05) is 25.3 Å². The molecule has 0 saturated carbocycles. The zero-order valence-electron chi connectivity index (χ0n) is 19.1. The molecule has 0 atom stereocenters. The van der Waals surface area contributed by atoms with Gasteiger partial charge in [0.1, 0.15) is 17.3 Å². The molecule has 2 aromatic carbocycles. The number of methoxy groups -OCH3 is 2. The lowest BCUT2D eigenvalue weighted by molar-refractivity contribution is -0.113. The van der Waals surface area contributed by atoms with Crippen LogP contribution in [0, 0.1) is 0 Å². The summed E-state index contributed by atoms with van der Waals surface area (Å²) in [6.45, 7) is 0.745. The minimum atomic E-state index is -0.141. The van der Waals surface area contributed by atoms with E-state index in [-0.39, 0.29) is 11.7 Å². The van der Waals surface area contributed by atoms with Crippen molar-refractivity contribution in [3.05, 3.63) is 82.3 Å². The van der Waals surface area contributed by atoms with Crippen LogP contribution in [0.25, 0.3) is 0 Å². The topological polar surface area (TPSA) is 78.3 Å². The van der Waals surface area contributed by atoms with Crippen molar-refractivity contribution < 1.29 is 14.3 Å². The number of nitrogens with zero attached hydrogens (tertiary/aromatic N) is 3. The van der Waals surface area contributed by atoms with Crippen molar-refractivity contribution in [3.8, 4) is 11.5 Å². The number of hydrogen-bond donors (Lipinski definition) is 1. The van der Waals surface area contributed by atoms with Crippen molar-refractivity contribution in [2.45, 2.75) is 24.5 Å². The van der Waals surface area contributed by atoms with Crippen LogP contribution in [0.2, 0.25) is 0 Å². The third-order valence-electron chi connectivity index (χ3n) is 5.14. The Labute approximate surface area is 207 Å². The minimum Gasteiger partial charge on any atom is -0.497 e. The van der Waals surface area contributed by atoms with E-state index in [0.717, 1.165) is 30.4 Å². The van der Waals surface area contributed by atoms with Gasteiger partial charge in [0.05, 0.1) is 20.0 Å². The predicted molar refractivity (Wildman–Crippen MR) is 136 cm³/mol. The van der Waals surface area contributed by atoms with Gasteiger partial charge in [0.15, 0.2) is 5.16 Å². The average Bonchev–Trinajstić information content (AvgIpc) is 3.52. The number of aromatic nitrogens is 3. The van der Waals surface area contributed by atoms with Crippen molar-refractivity contribution in [1.82, 2.24) is 14.8 Å². The van der Waals surface area contributed by atoms with Crippen LogP contribution in [-0.2, 0) is 24.2 Å². The third-order valence-corrected chi connectivity index (χ3v) is 6.98. The van der Waals surface area contributed by atoms with Gasteiger partial charge in [0.2, 0.25) is 5.91 Å². The molecule has 4 aromatic rings. The quantitative estimate of drug-likeness (QED) is 0.298. The van der Waals surface area contributed by atoms with Crippen LogP contribution in [0.5, 0.6) is 11.5 Å². The van der Waals surface area contributed by atoms with E-state index >= 15 is 0 Å². The minimum absolute atomic E-state index is 0.141. The summed E-state index contributed by atoms with van der Waals surface area (Å²) in [6.07, 6.45) is 1.58. The Morgan fingerprint density at radius 2 is 1.79 bits per heavy atom. The molecule has 0 saturated heterocycles. The van der Waals surface area contributed by atoms with Gasteiger partial charge in [-0.15, -0.1) is 21.5 Å². The summed E-state index contributed by atoms with van der Waals surface area (Å²) in [6, 6.07) is 19.7. The fourth-order valence-corrected chi connectivity index (χ4v) is 4.93. The monoisotopic (exact) mass is 494 g/mol. The van der Waals surface area contributed by atoms with E-state index in [4.69, 9.17) is 9.47 Å². The highest BCUT2D eigenvalue weighted by molar-refractivity contribution is 7.99. The molecule has 0 spiro atoms. The lowest BCUT2D eigenvalue weighted by Gasteiger charge is -2.11. The number of nitrogens with one attached hydrogen (secondary N) is 1. The van der Waals surface area contributed by atoms with E-state index in [0.29, 0.717) is 17.2 Å². The Morgan fingerprint density at radius 1 is 1.03 bits per heavy atom. The standard InChI is InChI=1S/C25H26N4O3S2/c1-31-20-13-19(14-21(15-20)32-2)26-24(30)17-34-25-28-27-23(16-22-9-6-12-33-22)29(25)11-10-18-7-4-3-5-8-18/h3-9,12-15H,10-11,16-17H2,1-2H3,(H,26,30). The van der Waals surface area contributed by atoms with Crippen LogP contribution >= 0.6 is 23.1 Å². The highest BCUT2D eigenvalue weighted by Crippen LogP contribution is 2.26. The maximum Gasteiger partial charge on any atom is 0.234 e. The molecule has 4 rings (SSSR count). The molecule has 1 N–H and O–H groups in total. The van der Waals surface area contributed by atoms with Crippen molar-refractivity contribution in [3.63, 3.8) is 0 Å². The Morgan fingerprint density at radius 3 is 2.47 bits per heavy atom. The zero-order valence-corrected chi connectivity index (χ0v) is 20.7. The highest BCUT2D eigenvalue weighted by atomic mass is 32.2. The Kier molecular flexibility index (Phi) is 8.21. The van der Waals surface area contributed by atoms with Gasteiger partial charge < -0.3 is 19.4 Å². The summed E-state index contributed by atoms with van der Waals surface area (Å²) in [7, 11) is 3.15. The van der Waals surface area contributed by atoms with Crippen LogP contribution < -0.4 is 14.8 Å². The molecule has 0 radical (unpaired) electrons. The van der Waals surface area contributed by atoms with E-state index in [1.807, 2.05) is 24.3 Å². The van der Waals surface area contributed by atoms with Gasteiger partial charge in [-0.05, 0) is 23.4 Å². The average molecular weight is 495 g/mol. The molecule has 0 fully saturated rings. The first kappa shape index (κ1) is 23.8. The molecule has 0 aliphatic heterocycles. The Bertz CT molecular complexity index is 1190. The van der Waals surface area contributed by atoms with Gasteiger partial charge in [0.25, 0.3) is 0 Å².